The van der Waals surface area contributed by atoms with Crippen LogP contribution in [0.4, 0.5) is 0 Å². The van der Waals surface area contributed by atoms with E-state index >= 15 is 0 Å². The number of piperidine rings is 1. The summed E-state index contributed by atoms with van der Waals surface area (Å²) >= 11 is 1.46. The van der Waals surface area contributed by atoms with Crippen molar-refractivity contribution < 1.29 is 19.1 Å². The summed E-state index contributed by atoms with van der Waals surface area (Å²) in [5.74, 6) is 0.715. The lowest BCUT2D eigenvalue weighted by atomic mass is 9.97. The zero-order chi connectivity index (χ0) is 20.2. The quantitative estimate of drug-likeness (QED) is 0.665. The molecule has 2 aliphatic rings. The van der Waals surface area contributed by atoms with Crippen molar-refractivity contribution in [3.8, 4) is 5.75 Å². The average molecular weight is 414 g/mol. The second kappa shape index (κ2) is 8.99. The first kappa shape index (κ1) is 20.0. The van der Waals surface area contributed by atoms with Gasteiger partial charge in [0.15, 0.2) is 0 Å². The van der Waals surface area contributed by atoms with Gasteiger partial charge in [-0.1, -0.05) is 6.07 Å². The van der Waals surface area contributed by atoms with Gasteiger partial charge >= 0.3 is 5.97 Å². The highest BCUT2D eigenvalue weighted by Gasteiger charge is 2.29. The molecule has 5 nitrogen and oxygen atoms in total. The van der Waals surface area contributed by atoms with Crippen molar-refractivity contribution in [3.05, 3.63) is 51.2 Å². The average Bonchev–Trinajstić information content (AvgIpc) is 3.41. The van der Waals surface area contributed by atoms with Gasteiger partial charge in [0.05, 0.1) is 17.4 Å². The third-order valence-electron chi connectivity index (χ3n) is 5.74. The number of thiophene rings is 1. The molecular weight excluding hydrogens is 386 g/mol. The lowest BCUT2D eigenvalue weighted by Crippen LogP contribution is -2.40. The van der Waals surface area contributed by atoms with Crippen molar-refractivity contribution >= 4 is 23.2 Å². The summed E-state index contributed by atoms with van der Waals surface area (Å²) in [6.07, 6.45) is 4.87. The lowest BCUT2D eigenvalue weighted by Gasteiger charge is -2.30. The molecule has 1 aromatic carbocycles. The van der Waals surface area contributed by atoms with Crippen molar-refractivity contribution in [2.75, 3.05) is 19.7 Å². The Morgan fingerprint density at radius 2 is 1.93 bits per heavy atom. The summed E-state index contributed by atoms with van der Waals surface area (Å²) in [6, 6.07) is 8.28. The normalized spacial score (nSPS) is 16.5. The second-order valence-electron chi connectivity index (χ2n) is 7.71. The van der Waals surface area contributed by atoms with Gasteiger partial charge in [0.25, 0.3) is 5.91 Å². The number of likely N-dealkylation sites (tertiary alicyclic amines) is 1. The van der Waals surface area contributed by atoms with Crippen LogP contribution in [0.2, 0.25) is 0 Å². The highest BCUT2D eigenvalue weighted by atomic mass is 32.1. The molecule has 0 saturated carbocycles. The summed E-state index contributed by atoms with van der Waals surface area (Å²) < 4.78 is 11.0. The van der Waals surface area contributed by atoms with Crippen molar-refractivity contribution in [1.82, 2.24) is 4.90 Å². The summed E-state index contributed by atoms with van der Waals surface area (Å²) in [6.45, 7) is 3.89. The fourth-order valence-corrected chi connectivity index (χ4v) is 4.97. The minimum atomic E-state index is -0.137. The van der Waals surface area contributed by atoms with Gasteiger partial charge in [0, 0.05) is 18.7 Å². The van der Waals surface area contributed by atoms with Crippen LogP contribution in [0.15, 0.2) is 29.6 Å². The number of carbonyl (C=O) groups is 2. The molecule has 29 heavy (non-hydrogen) atoms. The Hall–Kier alpha value is -2.34. The van der Waals surface area contributed by atoms with E-state index in [-0.39, 0.29) is 17.8 Å². The molecule has 0 radical (unpaired) electrons. The predicted octanol–water partition coefficient (Wildman–Crippen LogP) is 4.23. The van der Waals surface area contributed by atoms with Gasteiger partial charge in [-0.05, 0) is 73.7 Å². The zero-order valence-corrected chi connectivity index (χ0v) is 17.6. The Morgan fingerprint density at radius 1 is 1.14 bits per heavy atom. The number of amides is 1. The molecule has 0 bridgehead atoms. The molecule has 1 saturated heterocycles. The lowest BCUT2D eigenvalue weighted by molar-refractivity contribution is -0.149. The van der Waals surface area contributed by atoms with Crippen LogP contribution in [0, 0.1) is 5.92 Å². The van der Waals surface area contributed by atoms with E-state index < -0.39 is 0 Å². The highest BCUT2D eigenvalue weighted by molar-refractivity contribution is 7.12. The van der Waals surface area contributed by atoms with E-state index in [1.807, 2.05) is 29.3 Å². The number of rotatable bonds is 6. The minimum absolute atomic E-state index is 0.0427. The maximum absolute atomic E-state index is 12.8. The number of esters is 1. The molecule has 0 N–H and O–H groups in total. The van der Waals surface area contributed by atoms with E-state index in [0.29, 0.717) is 39.1 Å². The molecule has 4 rings (SSSR count). The van der Waals surface area contributed by atoms with Gasteiger partial charge in [-0.3, -0.25) is 9.59 Å². The minimum Gasteiger partial charge on any atom is -0.489 e. The van der Waals surface area contributed by atoms with Crippen LogP contribution in [0.3, 0.4) is 0 Å². The van der Waals surface area contributed by atoms with E-state index in [1.54, 1.807) is 0 Å². The molecule has 154 valence electrons. The first-order valence-electron chi connectivity index (χ1n) is 10.4. The van der Waals surface area contributed by atoms with Crippen molar-refractivity contribution in [2.24, 2.45) is 5.92 Å². The molecule has 0 unspecified atom stereocenters. The Kier molecular flexibility index (Phi) is 6.19. The van der Waals surface area contributed by atoms with Crippen molar-refractivity contribution in [3.63, 3.8) is 0 Å². The van der Waals surface area contributed by atoms with Gasteiger partial charge in [-0.25, -0.2) is 0 Å². The van der Waals surface area contributed by atoms with Crippen LogP contribution in [0.1, 0.15) is 52.5 Å². The number of carbonyl (C=O) groups excluding carboxylic acids is 2. The molecule has 1 amide bonds. The van der Waals surface area contributed by atoms with E-state index in [0.717, 1.165) is 22.6 Å². The summed E-state index contributed by atoms with van der Waals surface area (Å²) in [7, 11) is 0. The third-order valence-corrected chi connectivity index (χ3v) is 6.71. The number of fused-ring (bicyclic) bond motifs is 1. The number of nitrogens with zero attached hydrogens (tertiary/aromatic N) is 1. The molecule has 1 aromatic heterocycles. The molecule has 2 aromatic rings. The molecule has 6 heteroatoms. The molecule has 0 atom stereocenters. The SMILES string of the molecule is CCOC(=O)C1CCN(C(=O)c2cc(COc3ccc4c(c3)CCC4)cs2)CC1. The van der Waals surface area contributed by atoms with Crippen LogP contribution in [-0.4, -0.2) is 36.5 Å². The second-order valence-corrected chi connectivity index (χ2v) is 8.62. The Morgan fingerprint density at radius 3 is 2.72 bits per heavy atom. The number of hydrogen-bond acceptors (Lipinski definition) is 5. The maximum Gasteiger partial charge on any atom is 0.309 e. The number of hydrogen-bond donors (Lipinski definition) is 0. The molecule has 1 aliphatic carbocycles. The Labute approximate surface area is 175 Å². The van der Waals surface area contributed by atoms with Crippen LogP contribution < -0.4 is 4.74 Å². The monoisotopic (exact) mass is 413 g/mol. The first-order chi connectivity index (χ1) is 14.1. The Bertz CT molecular complexity index is 883. The Balaban J connectivity index is 1.30. The first-order valence-corrected chi connectivity index (χ1v) is 11.3. The third kappa shape index (κ3) is 4.64. The highest BCUT2D eigenvalue weighted by Crippen LogP contribution is 2.27. The van der Waals surface area contributed by atoms with Gasteiger partial charge in [0.1, 0.15) is 12.4 Å². The van der Waals surface area contributed by atoms with Crippen LogP contribution >= 0.6 is 11.3 Å². The standard InChI is InChI=1S/C23H27NO4S/c1-2-27-23(26)18-8-10-24(11-9-18)22(25)21-12-16(15-29-21)14-28-20-7-6-17-4-3-5-19(17)13-20/h6-7,12-13,15,18H,2-5,8-11,14H2,1H3. The van der Waals surface area contributed by atoms with Crippen LogP contribution in [0.5, 0.6) is 5.75 Å². The van der Waals surface area contributed by atoms with Gasteiger partial charge in [-0.2, -0.15) is 0 Å². The van der Waals surface area contributed by atoms with Crippen LogP contribution in [0.25, 0.3) is 0 Å². The topological polar surface area (TPSA) is 55.8 Å². The van der Waals surface area contributed by atoms with Gasteiger partial charge in [-0.15, -0.1) is 11.3 Å². The van der Waals surface area contributed by atoms with Crippen molar-refractivity contribution in [1.29, 1.82) is 0 Å². The number of benzene rings is 1. The summed E-state index contributed by atoms with van der Waals surface area (Å²) in [4.78, 5) is 27.2. The zero-order valence-electron chi connectivity index (χ0n) is 16.8. The fourth-order valence-electron chi connectivity index (χ4n) is 4.10. The fraction of sp³-hybridized carbons (Fsp3) is 0.478. The summed E-state index contributed by atoms with van der Waals surface area (Å²) in [5, 5.41) is 1.99. The largest absolute Gasteiger partial charge is 0.489 e. The van der Waals surface area contributed by atoms with Crippen LogP contribution in [-0.2, 0) is 29.0 Å². The molecular formula is C23H27NO4S. The van der Waals surface area contributed by atoms with E-state index in [4.69, 9.17) is 9.47 Å². The molecule has 0 spiro atoms. The molecule has 1 fully saturated rings. The van der Waals surface area contributed by atoms with Gasteiger partial charge in [0.2, 0.25) is 0 Å². The summed E-state index contributed by atoms with van der Waals surface area (Å²) in [5.41, 5.74) is 3.85. The molecule has 2 heterocycles. The predicted molar refractivity (Wildman–Crippen MR) is 112 cm³/mol. The van der Waals surface area contributed by atoms with E-state index in [2.05, 4.69) is 12.1 Å². The van der Waals surface area contributed by atoms with Gasteiger partial charge < -0.3 is 14.4 Å². The number of aryl methyl sites for hydroxylation is 2. The maximum atomic E-state index is 12.8. The number of ether oxygens (including phenoxy) is 2. The van der Waals surface area contributed by atoms with E-state index in [9.17, 15) is 9.59 Å². The molecule has 1 aliphatic heterocycles. The van der Waals surface area contributed by atoms with E-state index in [1.165, 1.54) is 35.3 Å². The smallest absolute Gasteiger partial charge is 0.309 e. The van der Waals surface area contributed by atoms with Crippen molar-refractivity contribution in [2.45, 2.75) is 45.6 Å².